The fourth-order valence-corrected chi connectivity index (χ4v) is 9.05. The maximum atomic E-state index is 12.9. The van der Waals surface area contributed by atoms with Crippen LogP contribution in [0.25, 0.3) is 0 Å². The van der Waals surface area contributed by atoms with Gasteiger partial charge in [-0.25, -0.2) is 0 Å². The Bertz CT molecular complexity index is 1430. The molecular weight excluding hydrogens is 925 g/mol. The van der Waals surface area contributed by atoms with E-state index in [0.717, 1.165) is 96.3 Å². The molecule has 0 aromatic heterocycles. The smallest absolute Gasteiger partial charge is 0.306 e. The predicted molar refractivity (Wildman–Crippen MR) is 325 cm³/mol. The molecular formula is C69H120O6. The molecule has 0 spiro atoms. The number of allylic oxidation sites excluding steroid dienone is 14. The standard InChI is InChI=1S/C69H120O6/c1-4-7-10-13-16-19-22-25-27-29-30-31-32-33-34-35-36-37-38-40-41-44-47-50-53-56-59-62-68(71)74-65-66(64-73-67(70)61-58-55-52-49-46-43-24-21-18-15-12-9-6-3)75-69(72)63-60-57-54-51-48-45-42-39-28-26-23-20-17-14-11-8-5-2/h7,10,16,19,21,24-28,30-31,33-34,66H,4-6,8-9,11-15,17-18,20,22-23,29,32,35-65H2,1-3H3/b10-7-,19-16-,24-21-,27-25-,28-26-,31-30-,34-33-. The van der Waals surface area contributed by atoms with Crippen molar-refractivity contribution >= 4 is 17.9 Å². The van der Waals surface area contributed by atoms with Crippen molar-refractivity contribution in [3.05, 3.63) is 85.1 Å². The molecule has 0 aliphatic rings. The summed E-state index contributed by atoms with van der Waals surface area (Å²) in [6.07, 6.45) is 83.0. The van der Waals surface area contributed by atoms with Crippen molar-refractivity contribution in [3.63, 3.8) is 0 Å². The van der Waals surface area contributed by atoms with Crippen LogP contribution in [0.3, 0.4) is 0 Å². The lowest BCUT2D eigenvalue weighted by molar-refractivity contribution is -0.167. The summed E-state index contributed by atoms with van der Waals surface area (Å²) in [5.41, 5.74) is 0. The number of carbonyl (C=O) groups is 3. The third-order valence-corrected chi connectivity index (χ3v) is 13.9. The van der Waals surface area contributed by atoms with Gasteiger partial charge in [0.25, 0.3) is 0 Å². The van der Waals surface area contributed by atoms with Gasteiger partial charge in [-0.3, -0.25) is 14.4 Å². The van der Waals surface area contributed by atoms with Gasteiger partial charge in [0.05, 0.1) is 0 Å². The average Bonchev–Trinajstić information content (AvgIpc) is 3.41. The summed E-state index contributed by atoms with van der Waals surface area (Å²) in [7, 11) is 0. The molecule has 0 heterocycles. The van der Waals surface area contributed by atoms with Gasteiger partial charge in [-0.1, -0.05) is 266 Å². The third kappa shape index (κ3) is 61.3. The molecule has 0 aliphatic carbocycles. The molecule has 0 aromatic rings. The number of carbonyl (C=O) groups excluding carboxylic acids is 3. The van der Waals surface area contributed by atoms with Crippen LogP contribution in [-0.2, 0) is 28.6 Å². The summed E-state index contributed by atoms with van der Waals surface area (Å²) in [4.78, 5) is 38.3. The highest BCUT2D eigenvalue weighted by molar-refractivity contribution is 5.71. The van der Waals surface area contributed by atoms with Crippen molar-refractivity contribution in [2.24, 2.45) is 0 Å². The second-order valence-electron chi connectivity index (χ2n) is 21.3. The average molecular weight is 1050 g/mol. The Labute approximate surface area is 465 Å². The molecule has 1 atom stereocenters. The monoisotopic (exact) mass is 1040 g/mol. The minimum atomic E-state index is -0.783. The summed E-state index contributed by atoms with van der Waals surface area (Å²) in [6.45, 7) is 6.52. The molecule has 0 aromatic carbocycles. The van der Waals surface area contributed by atoms with Gasteiger partial charge in [0.1, 0.15) is 13.2 Å². The van der Waals surface area contributed by atoms with Crippen molar-refractivity contribution in [3.8, 4) is 0 Å². The van der Waals surface area contributed by atoms with Gasteiger partial charge < -0.3 is 14.2 Å². The Morgan fingerprint density at radius 1 is 0.280 bits per heavy atom. The van der Waals surface area contributed by atoms with Crippen LogP contribution < -0.4 is 0 Å². The first-order valence-electron chi connectivity index (χ1n) is 32.1. The van der Waals surface area contributed by atoms with Crippen LogP contribution in [0.15, 0.2) is 85.1 Å². The minimum Gasteiger partial charge on any atom is -0.462 e. The first kappa shape index (κ1) is 71.6. The number of hydrogen-bond acceptors (Lipinski definition) is 6. The van der Waals surface area contributed by atoms with E-state index in [1.165, 1.54) is 180 Å². The number of rotatable bonds is 58. The second kappa shape index (κ2) is 63.1. The summed E-state index contributed by atoms with van der Waals surface area (Å²) in [5.74, 6) is -0.885. The van der Waals surface area contributed by atoms with Crippen LogP contribution in [-0.4, -0.2) is 37.2 Å². The van der Waals surface area contributed by atoms with Crippen LogP contribution in [0.1, 0.15) is 316 Å². The number of unbranched alkanes of at least 4 members (excludes halogenated alkanes) is 33. The summed E-state index contributed by atoms with van der Waals surface area (Å²) < 4.78 is 16.9. The molecule has 0 amide bonds. The van der Waals surface area contributed by atoms with Gasteiger partial charge in [-0.15, -0.1) is 0 Å². The van der Waals surface area contributed by atoms with Gasteiger partial charge in [0.15, 0.2) is 6.10 Å². The van der Waals surface area contributed by atoms with E-state index < -0.39 is 6.10 Å². The van der Waals surface area contributed by atoms with Crippen molar-refractivity contribution in [1.29, 1.82) is 0 Å². The van der Waals surface area contributed by atoms with Crippen LogP contribution >= 0.6 is 0 Å². The van der Waals surface area contributed by atoms with E-state index in [1.54, 1.807) is 0 Å². The van der Waals surface area contributed by atoms with Crippen molar-refractivity contribution < 1.29 is 28.6 Å². The number of hydrogen-bond donors (Lipinski definition) is 0. The molecule has 0 aliphatic heterocycles. The molecule has 0 rings (SSSR count). The Hall–Kier alpha value is -3.41. The highest BCUT2D eigenvalue weighted by atomic mass is 16.6. The van der Waals surface area contributed by atoms with Crippen LogP contribution in [0.2, 0.25) is 0 Å². The van der Waals surface area contributed by atoms with Gasteiger partial charge in [-0.2, -0.15) is 0 Å². The molecule has 0 saturated carbocycles. The molecule has 432 valence electrons. The summed E-state index contributed by atoms with van der Waals surface area (Å²) >= 11 is 0. The molecule has 0 saturated heterocycles. The topological polar surface area (TPSA) is 78.9 Å². The molecule has 0 fully saturated rings. The Balaban J connectivity index is 4.29. The van der Waals surface area contributed by atoms with Crippen molar-refractivity contribution in [2.45, 2.75) is 322 Å². The largest absolute Gasteiger partial charge is 0.462 e. The Morgan fingerprint density at radius 2 is 0.520 bits per heavy atom. The molecule has 6 heteroatoms. The van der Waals surface area contributed by atoms with E-state index in [4.69, 9.17) is 14.2 Å². The van der Waals surface area contributed by atoms with Crippen LogP contribution in [0, 0.1) is 0 Å². The minimum absolute atomic E-state index is 0.0807. The van der Waals surface area contributed by atoms with Crippen LogP contribution in [0.4, 0.5) is 0 Å². The zero-order valence-corrected chi connectivity index (χ0v) is 49.6. The molecule has 0 N–H and O–H groups in total. The molecule has 75 heavy (non-hydrogen) atoms. The van der Waals surface area contributed by atoms with Crippen LogP contribution in [0.5, 0.6) is 0 Å². The fraction of sp³-hybridized carbons (Fsp3) is 0.754. The number of ether oxygens (including phenoxy) is 3. The maximum absolute atomic E-state index is 12.9. The molecule has 1 unspecified atom stereocenters. The normalized spacial score (nSPS) is 12.6. The van der Waals surface area contributed by atoms with Gasteiger partial charge in [0.2, 0.25) is 0 Å². The molecule has 6 nitrogen and oxygen atoms in total. The zero-order chi connectivity index (χ0) is 54.3. The lowest BCUT2D eigenvalue weighted by atomic mass is 10.0. The lowest BCUT2D eigenvalue weighted by Gasteiger charge is -2.18. The second-order valence-corrected chi connectivity index (χ2v) is 21.3. The predicted octanol–water partition coefficient (Wildman–Crippen LogP) is 21.9. The first-order chi connectivity index (χ1) is 37.0. The van der Waals surface area contributed by atoms with E-state index in [9.17, 15) is 14.4 Å². The quantitative estimate of drug-likeness (QED) is 0.0261. The highest BCUT2D eigenvalue weighted by Crippen LogP contribution is 2.16. The summed E-state index contributed by atoms with van der Waals surface area (Å²) in [5, 5.41) is 0. The fourth-order valence-electron chi connectivity index (χ4n) is 9.05. The van der Waals surface area contributed by atoms with Gasteiger partial charge in [-0.05, 0) is 116 Å². The Morgan fingerprint density at radius 3 is 0.840 bits per heavy atom. The summed E-state index contributed by atoms with van der Waals surface area (Å²) in [6, 6.07) is 0. The Kier molecular flexibility index (Phi) is 60.3. The maximum Gasteiger partial charge on any atom is 0.306 e. The van der Waals surface area contributed by atoms with Crippen molar-refractivity contribution in [2.75, 3.05) is 13.2 Å². The van der Waals surface area contributed by atoms with E-state index in [-0.39, 0.29) is 31.1 Å². The number of esters is 3. The van der Waals surface area contributed by atoms with E-state index in [1.807, 2.05) is 0 Å². The van der Waals surface area contributed by atoms with E-state index in [2.05, 4.69) is 106 Å². The third-order valence-electron chi connectivity index (χ3n) is 13.9. The zero-order valence-electron chi connectivity index (χ0n) is 49.6. The van der Waals surface area contributed by atoms with Crippen molar-refractivity contribution in [1.82, 2.24) is 0 Å². The van der Waals surface area contributed by atoms with Gasteiger partial charge in [0, 0.05) is 19.3 Å². The highest BCUT2D eigenvalue weighted by Gasteiger charge is 2.19. The molecule has 0 bridgehead atoms. The lowest BCUT2D eigenvalue weighted by Crippen LogP contribution is -2.30. The van der Waals surface area contributed by atoms with Gasteiger partial charge >= 0.3 is 17.9 Å². The van der Waals surface area contributed by atoms with E-state index >= 15 is 0 Å². The SMILES string of the molecule is CC/C=C\C/C=C\C/C=C\C/C=C\C/C=C\CCCCCCCCCCCCCC(=O)OCC(COC(=O)CCCCCCC/C=C\CCCCCC)OC(=O)CCCCCCCCC/C=C\CCCCCCCC. The molecule has 0 radical (unpaired) electrons. The first-order valence-corrected chi connectivity index (χ1v) is 32.1. The van der Waals surface area contributed by atoms with E-state index in [0.29, 0.717) is 19.3 Å².